The van der Waals surface area contributed by atoms with Gasteiger partial charge in [-0.2, -0.15) is 0 Å². The summed E-state index contributed by atoms with van der Waals surface area (Å²) in [5, 5.41) is 0.935. The molecule has 0 fully saturated rings. The first-order valence-corrected chi connectivity index (χ1v) is 5.73. The van der Waals surface area contributed by atoms with Gasteiger partial charge in [-0.05, 0) is 24.3 Å². The maximum Gasteiger partial charge on any atom is 1.00 e. The van der Waals surface area contributed by atoms with Gasteiger partial charge >= 0.3 is 29.6 Å². The van der Waals surface area contributed by atoms with E-state index in [-0.39, 0.29) is 40.6 Å². The minimum atomic E-state index is -0.163. The average Bonchev–Trinajstić information content (AvgIpc) is 2.39. The van der Waals surface area contributed by atoms with Crippen LogP contribution in [0.1, 0.15) is 0 Å². The molecule has 0 unspecified atom stereocenters. The molecule has 0 atom stereocenters. The third kappa shape index (κ3) is 3.26. The minimum Gasteiger partial charge on any atom is -0.870 e. The van der Waals surface area contributed by atoms with Crippen LogP contribution in [0.2, 0.25) is 5.15 Å². The van der Waals surface area contributed by atoms with Crippen LogP contribution in [0.5, 0.6) is 0 Å². The predicted molar refractivity (Wildman–Crippen MR) is 72.5 cm³/mol. The number of pyridine rings is 1. The van der Waals surface area contributed by atoms with E-state index in [0.29, 0.717) is 21.9 Å². The normalized spacial score (nSPS) is 9.65. The topological polar surface area (TPSA) is 88.6 Å². The van der Waals surface area contributed by atoms with Crippen LogP contribution >= 0.6 is 11.6 Å². The maximum atomic E-state index is 11.9. The number of benzene rings is 1. The largest absolute Gasteiger partial charge is 1.00 e. The Morgan fingerprint density at radius 2 is 1.90 bits per heavy atom. The molecular formula is C13H9ClN3NaO2. The Hall–Kier alpha value is -1.24. The number of nitrogens with zero attached hydrogens (tertiary/aromatic N) is 2. The van der Waals surface area contributed by atoms with Gasteiger partial charge in [-0.3, -0.25) is 4.79 Å². The summed E-state index contributed by atoms with van der Waals surface area (Å²) in [5.74, 6) is 0.489. The molecule has 3 aromatic rings. The fourth-order valence-corrected chi connectivity index (χ4v) is 1.95. The third-order valence-electron chi connectivity index (χ3n) is 2.61. The molecule has 1 aromatic carbocycles. The molecule has 0 amide bonds. The van der Waals surface area contributed by atoms with Gasteiger partial charge in [0.05, 0.1) is 10.9 Å². The Labute approximate surface area is 141 Å². The Balaban J connectivity index is 0.000001000. The second kappa shape index (κ2) is 6.97. The second-order valence-electron chi connectivity index (χ2n) is 3.80. The van der Waals surface area contributed by atoms with Crippen LogP contribution in [0, 0.1) is 0 Å². The molecule has 3 rings (SSSR count). The monoisotopic (exact) mass is 297 g/mol. The van der Waals surface area contributed by atoms with Gasteiger partial charge in [-0.25, -0.2) is 9.97 Å². The van der Waals surface area contributed by atoms with Crippen LogP contribution in [0.4, 0.5) is 0 Å². The van der Waals surface area contributed by atoms with E-state index in [2.05, 4.69) is 15.0 Å². The SMILES string of the molecule is O=c1[nH]c(-c2ccnc(Cl)c2)nc2ccccc12.[Na+].[OH-]. The zero-order chi connectivity index (χ0) is 12.5. The molecule has 0 saturated heterocycles. The van der Waals surface area contributed by atoms with Gasteiger partial charge in [0, 0.05) is 11.8 Å². The summed E-state index contributed by atoms with van der Waals surface area (Å²) < 4.78 is 0. The zero-order valence-corrected chi connectivity index (χ0v) is 13.4. The maximum absolute atomic E-state index is 11.9. The van der Waals surface area contributed by atoms with Crippen LogP contribution in [0.15, 0.2) is 47.4 Å². The van der Waals surface area contributed by atoms with Gasteiger partial charge in [0.1, 0.15) is 11.0 Å². The molecule has 2 aromatic heterocycles. The predicted octanol–water partition coefficient (Wildman–Crippen LogP) is -0.534. The van der Waals surface area contributed by atoms with E-state index >= 15 is 0 Å². The number of aromatic nitrogens is 3. The van der Waals surface area contributed by atoms with Crippen molar-refractivity contribution in [3.8, 4) is 11.4 Å². The molecule has 20 heavy (non-hydrogen) atoms. The number of fused-ring (bicyclic) bond motifs is 1. The van der Waals surface area contributed by atoms with Crippen molar-refractivity contribution < 1.29 is 35.0 Å². The Kier molecular flexibility index (Phi) is 5.86. The minimum absolute atomic E-state index is 0. The first kappa shape index (κ1) is 16.8. The van der Waals surface area contributed by atoms with E-state index < -0.39 is 0 Å². The number of nitrogens with one attached hydrogen (secondary N) is 1. The van der Waals surface area contributed by atoms with E-state index in [0.717, 1.165) is 5.56 Å². The third-order valence-corrected chi connectivity index (χ3v) is 2.82. The number of hydrogen-bond donors (Lipinski definition) is 1. The molecule has 0 radical (unpaired) electrons. The van der Waals surface area contributed by atoms with E-state index in [4.69, 9.17) is 11.6 Å². The number of hydrogen-bond acceptors (Lipinski definition) is 4. The number of para-hydroxylation sites is 1. The fraction of sp³-hybridized carbons (Fsp3) is 0. The molecule has 0 aliphatic rings. The van der Waals surface area contributed by atoms with Crippen LogP contribution in [0.25, 0.3) is 22.3 Å². The van der Waals surface area contributed by atoms with Crippen molar-refractivity contribution in [2.75, 3.05) is 0 Å². The summed E-state index contributed by atoms with van der Waals surface area (Å²) in [5.41, 5.74) is 1.23. The Morgan fingerprint density at radius 1 is 1.15 bits per heavy atom. The van der Waals surface area contributed by atoms with E-state index in [1.165, 1.54) is 0 Å². The molecule has 0 spiro atoms. The molecule has 0 bridgehead atoms. The standard InChI is InChI=1S/C13H8ClN3O.Na.H2O/c14-11-7-8(5-6-15-11)12-16-10-4-2-1-3-9(10)13(18)17-12;;/h1-7H,(H,16,17,18);;1H2/q;+1;/p-1. The van der Waals surface area contributed by atoms with Crippen LogP contribution < -0.4 is 35.1 Å². The van der Waals surface area contributed by atoms with Crippen molar-refractivity contribution in [1.29, 1.82) is 0 Å². The summed E-state index contributed by atoms with van der Waals surface area (Å²) in [6.07, 6.45) is 1.58. The van der Waals surface area contributed by atoms with Gasteiger partial charge in [0.15, 0.2) is 0 Å². The molecule has 96 valence electrons. The molecular weight excluding hydrogens is 289 g/mol. The molecule has 0 aliphatic heterocycles. The van der Waals surface area contributed by atoms with Gasteiger partial charge < -0.3 is 10.5 Å². The average molecular weight is 298 g/mol. The summed E-state index contributed by atoms with van der Waals surface area (Å²) in [7, 11) is 0. The molecule has 5 nitrogen and oxygen atoms in total. The van der Waals surface area contributed by atoms with Crippen LogP contribution in [-0.2, 0) is 0 Å². The van der Waals surface area contributed by atoms with E-state index in [9.17, 15) is 4.79 Å². The molecule has 0 saturated carbocycles. The van der Waals surface area contributed by atoms with Gasteiger partial charge in [0.25, 0.3) is 5.56 Å². The van der Waals surface area contributed by atoms with Gasteiger partial charge in [0.2, 0.25) is 0 Å². The molecule has 2 heterocycles. The second-order valence-corrected chi connectivity index (χ2v) is 4.19. The molecule has 2 N–H and O–H groups in total. The summed E-state index contributed by atoms with van der Waals surface area (Å²) >= 11 is 5.82. The van der Waals surface area contributed by atoms with Gasteiger partial charge in [-0.15, -0.1) is 0 Å². The summed E-state index contributed by atoms with van der Waals surface area (Å²) in [6.45, 7) is 0. The quantitative estimate of drug-likeness (QED) is 0.483. The first-order chi connectivity index (χ1) is 8.74. The first-order valence-electron chi connectivity index (χ1n) is 5.35. The molecule has 7 heteroatoms. The van der Waals surface area contributed by atoms with Gasteiger partial charge in [-0.1, -0.05) is 23.7 Å². The molecule has 0 aliphatic carbocycles. The smallest absolute Gasteiger partial charge is 0.870 e. The number of halogens is 1. The number of aromatic amines is 1. The van der Waals surface area contributed by atoms with Crippen molar-refractivity contribution in [2.45, 2.75) is 0 Å². The number of rotatable bonds is 1. The van der Waals surface area contributed by atoms with Crippen molar-refractivity contribution in [1.82, 2.24) is 15.0 Å². The van der Waals surface area contributed by atoms with Crippen molar-refractivity contribution in [3.05, 3.63) is 58.1 Å². The van der Waals surface area contributed by atoms with E-state index in [1.54, 1.807) is 30.5 Å². The summed E-state index contributed by atoms with van der Waals surface area (Å²) in [6, 6.07) is 10.6. The number of H-pyrrole nitrogens is 1. The van der Waals surface area contributed by atoms with Crippen molar-refractivity contribution in [2.24, 2.45) is 0 Å². The van der Waals surface area contributed by atoms with Crippen molar-refractivity contribution in [3.63, 3.8) is 0 Å². The fourth-order valence-electron chi connectivity index (χ4n) is 1.77. The Morgan fingerprint density at radius 3 is 2.65 bits per heavy atom. The van der Waals surface area contributed by atoms with Crippen LogP contribution in [-0.4, -0.2) is 20.4 Å². The van der Waals surface area contributed by atoms with Crippen molar-refractivity contribution >= 4 is 22.5 Å². The van der Waals surface area contributed by atoms with E-state index in [1.807, 2.05) is 12.1 Å². The summed E-state index contributed by atoms with van der Waals surface area (Å²) in [4.78, 5) is 23.0. The zero-order valence-electron chi connectivity index (χ0n) is 10.7. The Bertz CT molecular complexity index is 792. The van der Waals surface area contributed by atoms with Crippen LogP contribution in [0.3, 0.4) is 0 Å².